The molecule has 0 spiro atoms. The maximum Gasteiger partial charge on any atom is 0.248 e. The summed E-state index contributed by atoms with van der Waals surface area (Å²) in [7, 11) is 0. The number of nitrogens with two attached hydrogens (primary N) is 1. The summed E-state index contributed by atoms with van der Waals surface area (Å²) in [5.41, 5.74) is 5.62. The first-order valence-corrected chi connectivity index (χ1v) is 4.61. The van der Waals surface area contributed by atoms with E-state index in [0.717, 1.165) is 10.8 Å². The van der Waals surface area contributed by atoms with Crippen LogP contribution in [0.5, 0.6) is 0 Å². The highest BCUT2D eigenvalue weighted by atomic mass is 32.2. The van der Waals surface area contributed by atoms with Gasteiger partial charge in [0.1, 0.15) is 0 Å². The average Bonchev–Trinajstić information content (AvgIpc) is 2.05. The lowest BCUT2D eigenvalue weighted by Crippen LogP contribution is -2.10. The molecule has 4 heteroatoms. The first-order chi connectivity index (χ1) is 5.74. The maximum absolute atomic E-state index is 10.7. The fourth-order valence-electron chi connectivity index (χ4n) is 0.790. The van der Waals surface area contributed by atoms with Crippen LogP contribution in [0, 0.1) is 0 Å². The number of pyridine rings is 1. The van der Waals surface area contributed by atoms with Crippen molar-refractivity contribution in [3.63, 3.8) is 0 Å². The van der Waals surface area contributed by atoms with Crippen molar-refractivity contribution in [1.29, 1.82) is 0 Å². The SMILES string of the molecule is CCSc1cc(C(N)=O)ccn1. The number of hydrogen-bond acceptors (Lipinski definition) is 3. The molecule has 0 bridgehead atoms. The highest BCUT2D eigenvalue weighted by Crippen LogP contribution is 2.14. The molecule has 0 radical (unpaired) electrons. The zero-order valence-electron chi connectivity index (χ0n) is 6.78. The van der Waals surface area contributed by atoms with Crippen LogP contribution < -0.4 is 5.73 Å². The van der Waals surface area contributed by atoms with Crippen molar-refractivity contribution in [3.8, 4) is 0 Å². The average molecular weight is 182 g/mol. The molecule has 0 unspecified atom stereocenters. The summed E-state index contributed by atoms with van der Waals surface area (Å²) in [5.74, 6) is 0.533. The molecule has 2 N–H and O–H groups in total. The van der Waals surface area contributed by atoms with Crippen LogP contribution in [0.25, 0.3) is 0 Å². The van der Waals surface area contributed by atoms with Crippen molar-refractivity contribution in [2.75, 3.05) is 5.75 Å². The monoisotopic (exact) mass is 182 g/mol. The molecule has 1 heterocycles. The van der Waals surface area contributed by atoms with Gasteiger partial charge in [-0.05, 0) is 17.9 Å². The van der Waals surface area contributed by atoms with E-state index < -0.39 is 5.91 Å². The van der Waals surface area contributed by atoms with Gasteiger partial charge in [0.25, 0.3) is 0 Å². The Morgan fingerprint density at radius 3 is 3.08 bits per heavy atom. The molecule has 1 aromatic rings. The Labute approximate surface area is 75.4 Å². The molecule has 1 rings (SSSR count). The van der Waals surface area contributed by atoms with E-state index in [1.54, 1.807) is 30.1 Å². The number of amides is 1. The summed E-state index contributed by atoms with van der Waals surface area (Å²) in [5, 5.41) is 0.841. The van der Waals surface area contributed by atoms with Crippen LogP contribution in [0.3, 0.4) is 0 Å². The minimum Gasteiger partial charge on any atom is -0.366 e. The molecule has 0 aliphatic heterocycles. The zero-order valence-corrected chi connectivity index (χ0v) is 7.60. The van der Waals surface area contributed by atoms with Gasteiger partial charge in [-0.3, -0.25) is 4.79 Å². The minimum atomic E-state index is -0.407. The number of nitrogens with zero attached hydrogens (tertiary/aromatic N) is 1. The molecule has 64 valence electrons. The molecule has 0 aliphatic carbocycles. The van der Waals surface area contributed by atoms with Crippen LogP contribution in [0.15, 0.2) is 23.4 Å². The highest BCUT2D eigenvalue weighted by Gasteiger charge is 2.01. The van der Waals surface area contributed by atoms with Crippen molar-refractivity contribution in [1.82, 2.24) is 4.98 Å². The Hall–Kier alpha value is -1.03. The summed E-state index contributed by atoms with van der Waals surface area (Å²) < 4.78 is 0. The standard InChI is InChI=1S/C8H10N2OS/c1-2-12-7-5-6(8(9)11)3-4-10-7/h3-5H,2H2,1H3,(H2,9,11). The van der Waals surface area contributed by atoms with Gasteiger partial charge in [0.2, 0.25) is 5.91 Å². The van der Waals surface area contributed by atoms with Gasteiger partial charge in [0, 0.05) is 11.8 Å². The molecule has 1 amide bonds. The molecule has 0 atom stereocenters. The number of primary amides is 1. The highest BCUT2D eigenvalue weighted by molar-refractivity contribution is 7.99. The Morgan fingerprint density at radius 2 is 2.50 bits per heavy atom. The first-order valence-electron chi connectivity index (χ1n) is 3.62. The van der Waals surface area contributed by atoms with Gasteiger partial charge in [-0.15, -0.1) is 11.8 Å². The van der Waals surface area contributed by atoms with E-state index in [-0.39, 0.29) is 0 Å². The van der Waals surface area contributed by atoms with Crippen molar-refractivity contribution in [2.45, 2.75) is 11.9 Å². The topological polar surface area (TPSA) is 56.0 Å². The quantitative estimate of drug-likeness (QED) is 0.717. The smallest absolute Gasteiger partial charge is 0.248 e. The fraction of sp³-hybridized carbons (Fsp3) is 0.250. The molecule has 0 fully saturated rings. The van der Waals surface area contributed by atoms with Crippen LogP contribution in [0.2, 0.25) is 0 Å². The van der Waals surface area contributed by atoms with Crippen molar-refractivity contribution in [2.24, 2.45) is 5.73 Å². The van der Waals surface area contributed by atoms with Gasteiger partial charge < -0.3 is 5.73 Å². The fourth-order valence-corrected chi connectivity index (χ4v) is 1.43. The van der Waals surface area contributed by atoms with Crippen LogP contribution in [-0.4, -0.2) is 16.6 Å². The normalized spacial score (nSPS) is 9.75. The van der Waals surface area contributed by atoms with Crippen molar-refractivity contribution < 1.29 is 4.79 Å². The lowest BCUT2D eigenvalue weighted by Gasteiger charge is -1.98. The van der Waals surface area contributed by atoms with Gasteiger partial charge in [-0.25, -0.2) is 4.98 Å². The summed E-state index contributed by atoms with van der Waals surface area (Å²) in [6, 6.07) is 3.32. The Bertz CT molecular complexity index is 288. The second-order valence-electron chi connectivity index (χ2n) is 2.18. The number of hydrogen-bond donors (Lipinski definition) is 1. The van der Waals surface area contributed by atoms with E-state index in [1.165, 1.54) is 0 Å². The van der Waals surface area contributed by atoms with Gasteiger partial charge in [0.05, 0.1) is 5.03 Å². The number of rotatable bonds is 3. The molecule has 1 aromatic heterocycles. The summed E-state index contributed by atoms with van der Waals surface area (Å²) in [6.45, 7) is 2.03. The Balaban J connectivity index is 2.88. The first kappa shape index (κ1) is 9.06. The molecule has 3 nitrogen and oxygen atoms in total. The molecular weight excluding hydrogens is 172 g/mol. The van der Waals surface area contributed by atoms with Gasteiger partial charge >= 0.3 is 0 Å². The summed E-state index contributed by atoms with van der Waals surface area (Å²) >= 11 is 1.59. The second kappa shape index (κ2) is 4.11. The third-order valence-electron chi connectivity index (χ3n) is 1.31. The summed E-state index contributed by atoms with van der Waals surface area (Å²) in [6.07, 6.45) is 1.60. The molecule has 0 aromatic carbocycles. The molecular formula is C8H10N2OS. The molecule has 12 heavy (non-hydrogen) atoms. The van der Waals surface area contributed by atoms with E-state index in [0.29, 0.717) is 5.56 Å². The Morgan fingerprint density at radius 1 is 1.75 bits per heavy atom. The van der Waals surface area contributed by atoms with Crippen LogP contribution in [0.1, 0.15) is 17.3 Å². The third-order valence-corrected chi connectivity index (χ3v) is 2.12. The molecule has 0 saturated carbocycles. The largest absolute Gasteiger partial charge is 0.366 e. The van der Waals surface area contributed by atoms with Crippen LogP contribution in [0.4, 0.5) is 0 Å². The van der Waals surface area contributed by atoms with Crippen molar-refractivity contribution >= 4 is 17.7 Å². The van der Waals surface area contributed by atoms with Crippen molar-refractivity contribution in [3.05, 3.63) is 23.9 Å². The number of carbonyl (C=O) groups is 1. The maximum atomic E-state index is 10.7. The number of aromatic nitrogens is 1. The van der Waals surface area contributed by atoms with Gasteiger partial charge in [-0.1, -0.05) is 6.92 Å². The van der Waals surface area contributed by atoms with Gasteiger partial charge in [0.15, 0.2) is 0 Å². The van der Waals surface area contributed by atoms with Gasteiger partial charge in [-0.2, -0.15) is 0 Å². The Kier molecular flexibility index (Phi) is 3.10. The van der Waals surface area contributed by atoms with E-state index in [4.69, 9.17) is 5.73 Å². The number of carbonyl (C=O) groups excluding carboxylic acids is 1. The third kappa shape index (κ3) is 2.23. The lowest BCUT2D eigenvalue weighted by molar-refractivity contribution is 0.1000. The molecule has 0 aliphatic rings. The zero-order chi connectivity index (χ0) is 8.97. The summed E-state index contributed by atoms with van der Waals surface area (Å²) in [4.78, 5) is 14.8. The van der Waals surface area contributed by atoms with E-state index in [2.05, 4.69) is 4.98 Å². The van der Waals surface area contributed by atoms with E-state index in [9.17, 15) is 4.79 Å². The van der Waals surface area contributed by atoms with Crippen LogP contribution >= 0.6 is 11.8 Å². The van der Waals surface area contributed by atoms with E-state index >= 15 is 0 Å². The predicted octanol–water partition coefficient (Wildman–Crippen LogP) is 1.29. The lowest BCUT2D eigenvalue weighted by atomic mass is 10.3. The second-order valence-corrected chi connectivity index (χ2v) is 3.46. The predicted molar refractivity (Wildman–Crippen MR) is 49.2 cm³/mol. The minimum absolute atomic E-state index is 0.407. The molecule has 0 saturated heterocycles. The number of thioether (sulfide) groups is 1. The van der Waals surface area contributed by atoms with E-state index in [1.807, 2.05) is 6.92 Å². The van der Waals surface area contributed by atoms with Crippen LogP contribution in [-0.2, 0) is 0 Å².